The molecule has 4 rings (SSSR count). The first kappa shape index (κ1) is 18.7. The van der Waals surface area contributed by atoms with Crippen molar-refractivity contribution in [2.45, 2.75) is 38.1 Å². The lowest BCUT2D eigenvalue weighted by Crippen LogP contribution is -2.42. The highest BCUT2D eigenvalue weighted by molar-refractivity contribution is 5.74. The van der Waals surface area contributed by atoms with Crippen LogP contribution in [0, 0.1) is 5.92 Å². The molecular weight excluding hydrogens is 352 g/mol. The van der Waals surface area contributed by atoms with Crippen LogP contribution in [0.25, 0.3) is 0 Å². The maximum atomic E-state index is 12.6. The number of amides is 2. The van der Waals surface area contributed by atoms with Crippen molar-refractivity contribution < 1.29 is 14.3 Å². The van der Waals surface area contributed by atoms with Crippen LogP contribution >= 0.6 is 0 Å². The molecule has 1 heterocycles. The van der Waals surface area contributed by atoms with Crippen LogP contribution in [-0.4, -0.2) is 25.8 Å². The summed E-state index contributed by atoms with van der Waals surface area (Å²) in [7, 11) is 0. The molecule has 1 saturated carbocycles. The number of carbonyl (C=O) groups is 1. The summed E-state index contributed by atoms with van der Waals surface area (Å²) in [5.74, 6) is 1.76. The van der Waals surface area contributed by atoms with E-state index < -0.39 is 0 Å². The first-order valence-electron chi connectivity index (χ1n) is 10.1. The van der Waals surface area contributed by atoms with Gasteiger partial charge in [0, 0.05) is 12.0 Å². The van der Waals surface area contributed by atoms with Crippen molar-refractivity contribution in [1.82, 2.24) is 10.6 Å². The van der Waals surface area contributed by atoms with Crippen molar-refractivity contribution in [2.75, 3.05) is 19.8 Å². The van der Waals surface area contributed by atoms with Gasteiger partial charge in [-0.3, -0.25) is 0 Å². The Kier molecular flexibility index (Phi) is 5.16. The molecule has 2 aromatic rings. The highest BCUT2D eigenvalue weighted by Gasteiger charge is 2.44. The topological polar surface area (TPSA) is 59.6 Å². The summed E-state index contributed by atoms with van der Waals surface area (Å²) in [6.07, 6.45) is 2.24. The predicted octanol–water partition coefficient (Wildman–Crippen LogP) is 4.19. The summed E-state index contributed by atoms with van der Waals surface area (Å²) < 4.78 is 11.3. The average Bonchev–Trinajstić information content (AvgIpc) is 3.52. The number of urea groups is 1. The molecule has 0 bridgehead atoms. The van der Waals surface area contributed by atoms with E-state index in [0.717, 1.165) is 29.9 Å². The van der Waals surface area contributed by atoms with E-state index in [1.807, 2.05) is 24.3 Å². The molecular formula is C23H28N2O3. The molecule has 5 heteroatoms. The summed E-state index contributed by atoms with van der Waals surface area (Å²) in [6.45, 7) is 6.00. The highest BCUT2D eigenvalue weighted by atomic mass is 16.6. The third-order valence-corrected chi connectivity index (χ3v) is 5.71. The average molecular weight is 380 g/mol. The van der Waals surface area contributed by atoms with Crippen molar-refractivity contribution >= 4 is 6.03 Å². The van der Waals surface area contributed by atoms with Crippen LogP contribution in [0.2, 0.25) is 0 Å². The predicted molar refractivity (Wildman–Crippen MR) is 109 cm³/mol. The van der Waals surface area contributed by atoms with Crippen molar-refractivity contribution in [3.05, 3.63) is 59.7 Å². The van der Waals surface area contributed by atoms with Gasteiger partial charge in [0.05, 0.1) is 6.04 Å². The number of benzene rings is 2. The van der Waals surface area contributed by atoms with Crippen LogP contribution in [0.3, 0.4) is 0 Å². The van der Waals surface area contributed by atoms with Gasteiger partial charge in [-0.25, -0.2) is 4.79 Å². The Morgan fingerprint density at radius 2 is 1.75 bits per heavy atom. The zero-order valence-electron chi connectivity index (χ0n) is 16.5. The normalized spacial score (nSPS) is 17.7. The van der Waals surface area contributed by atoms with E-state index in [1.54, 1.807) is 0 Å². The number of rotatable bonds is 6. The molecule has 0 aromatic heterocycles. The molecule has 148 valence electrons. The van der Waals surface area contributed by atoms with Crippen LogP contribution in [0.5, 0.6) is 11.5 Å². The van der Waals surface area contributed by atoms with Crippen molar-refractivity contribution in [2.24, 2.45) is 5.92 Å². The number of carbonyl (C=O) groups excluding carboxylic acids is 1. The fraction of sp³-hybridized carbons (Fsp3) is 0.435. The minimum absolute atomic E-state index is 0.0947. The van der Waals surface area contributed by atoms with Gasteiger partial charge in [-0.05, 0) is 42.0 Å². The molecule has 0 radical (unpaired) electrons. The molecule has 1 aliphatic heterocycles. The lowest BCUT2D eigenvalue weighted by molar-refractivity contribution is 0.171. The van der Waals surface area contributed by atoms with Gasteiger partial charge in [0.1, 0.15) is 13.2 Å². The zero-order valence-corrected chi connectivity index (χ0v) is 16.5. The molecule has 0 unspecified atom stereocenters. The molecule has 0 spiro atoms. The Morgan fingerprint density at radius 1 is 1.04 bits per heavy atom. The summed E-state index contributed by atoms with van der Waals surface area (Å²) in [6, 6.07) is 16.1. The number of nitrogens with one attached hydrogen (secondary N) is 2. The number of hydrogen-bond donors (Lipinski definition) is 2. The quantitative estimate of drug-likeness (QED) is 0.790. The molecule has 0 saturated heterocycles. The first-order chi connectivity index (χ1) is 13.6. The minimum Gasteiger partial charge on any atom is -0.486 e. The van der Waals surface area contributed by atoms with Crippen molar-refractivity contribution in [3.63, 3.8) is 0 Å². The monoisotopic (exact) mass is 380 g/mol. The Hall–Kier alpha value is -2.69. The lowest BCUT2D eigenvalue weighted by atomic mass is 9.95. The lowest BCUT2D eigenvalue weighted by Gasteiger charge is -2.26. The summed E-state index contributed by atoms with van der Waals surface area (Å²) >= 11 is 0. The molecule has 28 heavy (non-hydrogen) atoms. The smallest absolute Gasteiger partial charge is 0.315 e. The third kappa shape index (κ3) is 3.93. The number of hydrogen-bond acceptors (Lipinski definition) is 3. The molecule has 2 amide bonds. The zero-order chi connectivity index (χ0) is 19.6. The van der Waals surface area contributed by atoms with E-state index in [1.165, 1.54) is 5.56 Å². The van der Waals surface area contributed by atoms with E-state index in [2.05, 4.69) is 48.7 Å². The Morgan fingerprint density at radius 3 is 2.43 bits per heavy atom. The molecule has 2 aromatic carbocycles. The molecule has 2 N–H and O–H groups in total. The number of ether oxygens (including phenoxy) is 2. The molecule has 2 aliphatic rings. The SMILES string of the molecule is CC(C)[C@H](NC(=O)NCC1(c2ccccc2)CC1)c1ccc2c(c1)OCCO2. The fourth-order valence-corrected chi connectivity index (χ4v) is 3.84. The van der Waals surface area contributed by atoms with E-state index in [-0.39, 0.29) is 23.4 Å². The van der Waals surface area contributed by atoms with Crippen LogP contribution < -0.4 is 20.1 Å². The van der Waals surface area contributed by atoms with Crippen LogP contribution in [0.1, 0.15) is 43.9 Å². The Bertz CT molecular complexity index is 831. The van der Waals surface area contributed by atoms with E-state index in [0.29, 0.717) is 19.8 Å². The standard InChI is InChI=1S/C23H28N2O3/c1-16(2)21(17-8-9-19-20(14-17)28-13-12-27-19)25-22(26)24-15-23(10-11-23)18-6-4-3-5-7-18/h3-9,14,16,21H,10-13,15H2,1-2H3,(H2,24,25,26)/t21-/m0/s1. The highest BCUT2D eigenvalue weighted by Crippen LogP contribution is 2.47. The van der Waals surface area contributed by atoms with Crippen LogP contribution in [-0.2, 0) is 5.41 Å². The Balaban J connectivity index is 1.40. The summed E-state index contributed by atoms with van der Waals surface area (Å²) in [5, 5.41) is 6.24. The van der Waals surface area contributed by atoms with Gasteiger partial charge in [0.25, 0.3) is 0 Å². The Labute approximate surface area is 166 Å². The second-order valence-electron chi connectivity index (χ2n) is 8.10. The van der Waals surface area contributed by atoms with Gasteiger partial charge in [-0.15, -0.1) is 0 Å². The molecule has 1 atom stereocenters. The molecule has 5 nitrogen and oxygen atoms in total. The molecule has 1 aliphatic carbocycles. The maximum absolute atomic E-state index is 12.6. The largest absolute Gasteiger partial charge is 0.486 e. The number of fused-ring (bicyclic) bond motifs is 1. The van der Waals surface area contributed by atoms with Gasteiger partial charge in [-0.2, -0.15) is 0 Å². The fourth-order valence-electron chi connectivity index (χ4n) is 3.84. The summed E-state index contributed by atoms with van der Waals surface area (Å²) in [5.41, 5.74) is 2.43. The van der Waals surface area contributed by atoms with Gasteiger partial charge >= 0.3 is 6.03 Å². The van der Waals surface area contributed by atoms with Crippen LogP contribution in [0.15, 0.2) is 48.5 Å². The van der Waals surface area contributed by atoms with E-state index >= 15 is 0 Å². The van der Waals surface area contributed by atoms with Gasteiger partial charge in [0.2, 0.25) is 0 Å². The third-order valence-electron chi connectivity index (χ3n) is 5.71. The van der Waals surface area contributed by atoms with Gasteiger partial charge < -0.3 is 20.1 Å². The second kappa shape index (κ2) is 7.74. The minimum atomic E-state index is -0.129. The summed E-state index contributed by atoms with van der Waals surface area (Å²) in [4.78, 5) is 12.6. The van der Waals surface area contributed by atoms with E-state index in [9.17, 15) is 4.79 Å². The first-order valence-corrected chi connectivity index (χ1v) is 10.1. The maximum Gasteiger partial charge on any atom is 0.315 e. The van der Waals surface area contributed by atoms with E-state index in [4.69, 9.17) is 9.47 Å². The van der Waals surface area contributed by atoms with Crippen LogP contribution in [0.4, 0.5) is 4.79 Å². The van der Waals surface area contributed by atoms with Crippen molar-refractivity contribution in [1.29, 1.82) is 0 Å². The van der Waals surface area contributed by atoms with Gasteiger partial charge in [0.15, 0.2) is 11.5 Å². The second-order valence-corrected chi connectivity index (χ2v) is 8.10. The van der Waals surface area contributed by atoms with Gasteiger partial charge in [-0.1, -0.05) is 50.2 Å². The van der Waals surface area contributed by atoms with Crippen molar-refractivity contribution in [3.8, 4) is 11.5 Å². The molecule has 1 fully saturated rings.